The monoisotopic (exact) mass is 186 g/mol. The molecule has 76 valence electrons. The second-order valence-corrected chi connectivity index (χ2v) is 2.65. The summed E-state index contributed by atoms with van der Waals surface area (Å²) >= 11 is 0. The van der Waals surface area contributed by atoms with Gasteiger partial charge in [-0.05, 0) is 0 Å². The Kier molecular flexibility index (Phi) is 5.93. The second kappa shape index (κ2) is 6.46. The minimum atomic E-state index is 0.0931. The molecule has 1 saturated heterocycles. The maximum absolute atomic E-state index is 10.8. The number of rotatable bonds is 1. The van der Waals surface area contributed by atoms with Gasteiger partial charge in [0.1, 0.15) is 0 Å². The number of hydrogen-bond donors (Lipinski definition) is 0. The molecule has 1 rings (SSSR count). The molecule has 1 fully saturated rings. The Balaban J connectivity index is 0.000000671. The van der Waals surface area contributed by atoms with Crippen LogP contribution in [-0.2, 0) is 9.59 Å². The number of hydrogen-bond acceptors (Lipinski definition) is 2. The first kappa shape index (κ1) is 11.9. The fraction of sp³-hybridized carbons (Fsp3) is 0.778. The van der Waals surface area contributed by atoms with E-state index in [4.69, 9.17) is 0 Å². The van der Waals surface area contributed by atoms with E-state index in [0.717, 1.165) is 6.41 Å². The zero-order valence-corrected chi connectivity index (χ0v) is 8.62. The molecule has 0 bridgehead atoms. The largest absolute Gasteiger partial charge is 0.342 e. The number of carbonyl (C=O) groups is 2. The average molecular weight is 186 g/mol. The van der Waals surface area contributed by atoms with Crippen LogP contribution in [0.1, 0.15) is 20.8 Å². The van der Waals surface area contributed by atoms with Crippen LogP contribution in [0.25, 0.3) is 0 Å². The normalized spacial score (nSPS) is 15.9. The Bertz CT molecular complexity index is 163. The van der Waals surface area contributed by atoms with E-state index in [9.17, 15) is 9.59 Å². The SMILES string of the molecule is CC.CC(=O)N1CCN(C=O)CC1. The minimum absolute atomic E-state index is 0.0931. The number of nitrogens with zero attached hydrogens (tertiary/aromatic N) is 2. The summed E-state index contributed by atoms with van der Waals surface area (Å²) in [5.41, 5.74) is 0. The van der Waals surface area contributed by atoms with Gasteiger partial charge in [-0.15, -0.1) is 0 Å². The average Bonchev–Trinajstić information content (AvgIpc) is 2.21. The summed E-state index contributed by atoms with van der Waals surface area (Å²) in [5, 5.41) is 0. The molecule has 1 aliphatic heterocycles. The van der Waals surface area contributed by atoms with E-state index in [1.165, 1.54) is 0 Å². The maximum Gasteiger partial charge on any atom is 0.219 e. The van der Waals surface area contributed by atoms with Gasteiger partial charge in [-0.25, -0.2) is 0 Å². The first-order valence-corrected chi connectivity index (χ1v) is 4.69. The van der Waals surface area contributed by atoms with Crippen molar-refractivity contribution < 1.29 is 9.59 Å². The van der Waals surface area contributed by atoms with E-state index in [2.05, 4.69) is 0 Å². The van der Waals surface area contributed by atoms with E-state index in [1.54, 1.807) is 16.7 Å². The van der Waals surface area contributed by atoms with Crippen molar-refractivity contribution in [2.75, 3.05) is 26.2 Å². The molecule has 4 nitrogen and oxygen atoms in total. The molecule has 13 heavy (non-hydrogen) atoms. The van der Waals surface area contributed by atoms with Gasteiger partial charge in [-0.3, -0.25) is 9.59 Å². The van der Waals surface area contributed by atoms with Crippen LogP contribution in [0.15, 0.2) is 0 Å². The quantitative estimate of drug-likeness (QED) is 0.554. The molecule has 0 aliphatic carbocycles. The number of piperazine rings is 1. The molecule has 4 heteroatoms. The summed E-state index contributed by atoms with van der Waals surface area (Å²) < 4.78 is 0. The highest BCUT2D eigenvalue weighted by molar-refractivity contribution is 5.73. The summed E-state index contributed by atoms with van der Waals surface area (Å²) in [5.74, 6) is 0.0931. The van der Waals surface area contributed by atoms with E-state index in [-0.39, 0.29) is 5.91 Å². The summed E-state index contributed by atoms with van der Waals surface area (Å²) in [6, 6.07) is 0. The summed E-state index contributed by atoms with van der Waals surface area (Å²) in [7, 11) is 0. The van der Waals surface area contributed by atoms with Crippen molar-refractivity contribution in [1.29, 1.82) is 0 Å². The Morgan fingerprint density at radius 2 is 1.62 bits per heavy atom. The summed E-state index contributed by atoms with van der Waals surface area (Å²) in [4.78, 5) is 24.5. The molecule has 2 amide bonds. The predicted molar refractivity (Wildman–Crippen MR) is 51.2 cm³/mol. The van der Waals surface area contributed by atoms with Crippen LogP contribution in [0.2, 0.25) is 0 Å². The lowest BCUT2D eigenvalue weighted by atomic mass is 10.3. The van der Waals surface area contributed by atoms with E-state index in [0.29, 0.717) is 26.2 Å². The molecule has 0 aromatic carbocycles. The molecule has 0 aromatic rings. The summed E-state index contributed by atoms with van der Waals surface area (Å²) in [6.45, 7) is 8.24. The smallest absolute Gasteiger partial charge is 0.219 e. The molecule has 0 atom stereocenters. The second-order valence-electron chi connectivity index (χ2n) is 2.65. The van der Waals surface area contributed by atoms with Crippen molar-refractivity contribution in [3.05, 3.63) is 0 Å². The predicted octanol–water partition coefficient (Wildman–Crippen LogP) is 0.333. The fourth-order valence-electron chi connectivity index (χ4n) is 1.14. The molecule has 0 aromatic heterocycles. The van der Waals surface area contributed by atoms with Crippen molar-refractivity contribution in [3.8, 4) is 0 Å². The van der Waals surface area contributed by atoms with Gasteiger partial charge in [0.25, 0.3) is 0 Å². The molecule has 0 saturated carbocycles. The zero-order valence-electron chi connectivity index (χ0n) is 8.62. The molecule has 0 spiro atoms. The molecule has 0 N–H and O–H groups in total. The molecule has 1 aliphatic rings. The van der Waals surface area contributed by atoms with Crippen LogP contribution in [-0.4, -0.2) is 48.3 Å². The maximum atomic E-state index is 10.8. The standard InChI is InChI=1S/C7H12N2O2.C2H6/c1-7(11)9-4-2-8(6-10)3-5-9;1-2/h6H,2-5H2,1H3;1-2H3. The topological polar surface area (TPSA) is 40.6 Å². The third-order valence-electron chi connectivity index (χ3n) is 1.91. The van der Waals surface area contributed by atoms with Gasteiger partial charge >= 0.3 is 0 Å². The molecule has 0 unspecified atom stereocenters. The Morgan fingerprint density at radius 1 is 1.15 bits per heavy atom. The third-order valence-corrected chi connectivity index (χ3v) is 1.91. The lowest BCUT2D eigenvalue weighted by Gasteiger charge is -2.31. The van der Waals surface area contributed by atoms with Crippen molar-refractivity contribution in [1.82, 2.24) is 9.80 Å². The zero-order chi connectivity index (χ0) is 10.3. The van der Waals surface area contributed by atoms with Gasteiger partial charge in [0.2, 0.25) is 12.3 Å². The van der Waals surface area contributed by atoms with Gasteiger partial charge in [0.05, 0.1) is 0 Å². The summed E-state index contributed by atoms with van der Waals surface area (Å²) in [6.07, 6.45) is 0.831. The van der Waals surface area contributed by atoms with Crippen LogP contribution in [0.4, 0.5) is 0 Å². The van der Waals surface area contributed by atoms with Gasteiger partial charge in [-0.2, -0.15) is 0 Å². The highest BCUT2D eigenvalue weighted by Gasteiger charge is 2.16. The highest BCUT2D eigenvalue weighted by Crippen LogP contribution is 1.98. The lowest BCUT2D eigenvalue weighted by Crippen LogP contribution is -2.47. The number of carbonyl (C=O) groups excluding carboxylic acids is 2. The molecular weight excluding hydrogens is 168 g/mol. The van der Waals surface area contributed by atoms with Crippen LogP contribution in [0.5, 0.6) is 0 Å². The van der Waals surface area contributed by atoms with E-state index in [1.807, 2.05) is 13.8 Å². The first-order chi connectivity index (χ1) is 6.24. The molecule has 0 radical (unpaired) electrons. The van der Waals surface area contributed by atoms with Gasteiger partial charge in [-0.1, -0.05) is 13.8 Å². The van der Waals surface area contributed by atoms with Crippen LogP contribution < -0.4 is 0 Å². The Labute approximate surface area is 79.5 Å². The van der Waals surface area contributed by atoms with Crippen molar-refractivity contribution in [2.45, 2.75) is 20.8 Å². The van der Waals surface area contributed by atoms with Crippen LogP contribution in [0, 0.1) is 0 Å². The third kappa shape index (κ3) is 3.92. The molecule has 1 heterocycles. The highest BCUT2D eigenvalue weighted by atomic mass is 16.2. The molecular formula is C9H18N2O2. The van der Waals surface area contributed by atoms with Crippen molar-refractivity contribution in [2.24, 2.45) is 0 Å². The van der Waals surface area contributed by atoms with Crippen LogP contribution >= 0.6 is 0 Å². The first-order valence-electron chi connectivity index (χ1n) is 4.69. The van der Waals surface area contributed by atoms with Gasteiger partial charge in [0, 0.05) is 33.1 Å². The van der Waals surface area contributed by atoms with Gasteiger partial charge < -0.3 is 9.80 Å². The van der Waals surface area contributed by atoms with Crippen LogP contribution in [0.3, 0.4) is 0 Å². The van der Waals surface area contributed by atoms with Crippen molar-refractivity contribution in [3.63, 3.8) is 0 Å². The Hall–Kier alpha value is -1.06. The van der Waals surface area contributed by atoms with Crippen molar-refractivity contribution >= 4 is 12.3 Å². The van der Waals surface area contributed by atoms with Gasteiger partial charge in [0.15, 0.2) is 0 Å². The lowest BCUT2D eigenvalue weighted by molar-refractivity contribution is -0.133. The Morgan fingerprint density at radius 3 is 1.92 bits per heavy atom. The van der Waals surface area contributed by atoms with E-state index < -0.39 is 0 Å². The van der Waals surface area contributed by atoms with E-state index >= 15 is 0 Å². The number of amides is 2. The fourth-order valence-corrected chi connectivity index (χ4v) is 1.14. The minimum Gasteiger partial charge on any atom is -0.342 e.